The highest BCUT2D eigenvalue weighted by molar-refractivity contribution is 6.07. The fraction of sp³-hybridized carbons (Fsp3) is 0.0213. The van der Waals surface area contributed by atoms with Crippen LogP contribution in [0.5, 0.6) is 11.5 Å². The van der Waals surface area contributed by atoms with E-state index in [0.717, 1.165) is 72.2 Å². The van der Waals surface area contributed by atoms with E-state index in [1.54, 1.807) is 0 Å². The largest absolute Gasteiger partial charge is 0.457 e. The van der Waals surface area contributed by atoms with Crippen LogP contribution >= 0.6 is 0 Å². The molecule has 0 saturated heterocycles. The quantitative estimate of drug-likeness (QED) is 0.177. The molecule has 11 rings (SSSR count). The van der Waals surface area contributed by atoms with Crippen LogP contribution in [0.15, 0.2) is 170 Å². The second kappa shape index (κ2) is 10.2. The van der Waals surface area contributed by atoms with Crippen molar-refractivity contribution in [1.29, 1.82) is 0 Å². The first kappa shape index (κ1) is 27.4. The second-order valence-electron chi connectivity index (χ2n) is 13.3. The molecule has 3 nitrogen and oxygen atoms in total. The molecule has 1 aliphatic carbocycles. The van der Waals surface area contributed by atoms with E-state index in [9.17, 15) is 0 Å². The van der Waals surface area contributed by atoms with Crippen molar-refractivity contribution < 1.29 is 4.74 Å². The first-order valence-electron chi connectivity index (χ1n) is 17.1. The van der Waals surface area contributed by atoms with Crippen LogP contribution in [0.3, 0.4) is 0 Å². The summed E-state index contributed by atoms with van der Waals surface area (Å²) in [6, 6.07) is 58.8. The summed E-state index contributed by atoms with van der Waals surface area (Å²) in [7, 11) is 0. The van der Waals surface area contributed by atoms with Crippen LogP contribution in [0.2, 0.25) is 0 Å². The maximum absolute atomic E-state index is 6.74. The number of pyridine rings is 2. The molecule has 9 aromatic rings. The Morgan fingerprint density at radius 3 is 1.92 bits per heavy atom. The Morgan fingerprint density at radius 1 is 0.440 bits per heavy atom. The van der Waals surface area contributed by atoms with Gasteiger partial charge in [0, 0.05) is 33.7 Å². The molecule has 0 unspecified atom stereocenters. The zero-order valence-corrected chi connectivity index (χ0v) is 27.0. The molecule has 0 bridgehead atoms. The van der Waals surface area contributed by atoms with Crippen molar-refractivity contribution in [1.82, 2.24) is 9.97 Å². The molecular formula is C47H28N2O. The minimum absolute atomic E-state index is 0.532. The molecule has 232 valence electrons. The molecule has 0 fully saturated rings. The summed E-state index contributed by atoms with van der Waals surface area (Å²) in [5.41, 5.74) is 13.0. The Kier molecular flexibility index (Phi) is 5.59. The lowest BCUT2D eigenvalue weighted by atomic mass is 9.65. The van der Waals surface area contributed by atoms with Crippen molar-refractivity contribution in [3.8, 4) is 45.0 Å². The van der Waals surface area contributed by atoms with Crippen LogP contribution in [0.4, 0.5) is 0 Å². The van der Waals surface area contributed by atoms with Gasteiger partial charge in [-0.2, -0.15) is 0 Å². The summed E-state index contributed by atoms with van der Waals surface area (Å²) in [5, 5.41) is 4.50. The topological polar surface area (TPSA) is 35.0 Å². The lowest BCUT2D eigenvalue weighted by molar-refractivity contribution is 0.436. The molecule has 0 radical (unpaired) electrons. The molecule has 0 amide bonds. The van der Waals surface area contributed by atoms with Gasteiger partial charge in [0.2, 0.25) is 0 Å². The number of ether oxygens (including phenoxy) is 1. The van der Waals surface area contributed by atoms with Crippen molar-refractivity contribution >= 4 is 32.6 Å². The Labute approximate surface area is 289 Å². The Balaban J connectivity index is 1.21. The van der Waals surface area contributed by atoms with Gasteiger partial charge in [0.1, 0.15) is 11.5 Å². The van der Waals surface area contributed by atoms with Gasteiger partial charge in [-0.15, -0.1) is 0 Å². The number of nitrogens with zero attached hydrogens (tertiary/aromatic N) is 2. The first-order chi connectivity index (χ1) is 24.8. The van der Waals surface area contributed by atoms with E-state index in [4.69, 9.17) is 14.7 Å². The summed E-state index contributed by atoms with van der Waals surface area (Å²) >= 11 is 0. The first-order valence-corrected chi connectivity index (χ1v) is 17.1. The van der Waals surface area contributed by atoms with Crippen molar-refractivity contribution in [2.45, 2.75) is 5.41 Å². The molecular weight excluding hydrogens is 609 g/mol. The standard InChI is InChI=1S/C47H28N2O/c1-2-12-33-29(10-1)21-24-34(44(33)41-25-22-31-20-19-30-11-9-27-48-45(30)46(31)49-41)32-23-26-43-40(28-32)47(39-17-7-8-18-42(39)50-43)37-15-5-3-13-35(37)36-14-4-6-16-38(36)47/h1-28H. The Morgan fingerprint density at radius 2 is 1.08 bits per heavy atom. The molecule has 2 aliphatic rings. The smallest absolute Gasteiger partial charge is 0.132 e. The fourth-order valence-corrected chi connectivity index (χ4v) is 8.67. The van der Waals surface area contributed by atoms with E-state index in [1.807, 2.05) is 12.3 Å². The van der Waals surface area contributed by atoms with Crippen molar-refractivity contribution in [3.63, 3.8) is 0 Å². The van der Waals surface area contributed by atoms with Crippen LogP contribution in [0, 0.1) is 0 Å². The number of hydrogen-bond donors (Lipinski definition) is 0. The predicted molar refractivity (Wildman–Crippen MR) is 203 cm³/mol. The molecule has 0 N–H and O–H groups in total. The Hall–Kier alpha value is -6.58. The highest BCUT2D eigenvalue weighted by Crippen LogP contribution is 2.62. The van der Waals surface area contributed by atoms with Gasteiger partial charge in [0.15, 0.2) is 0 Å². The van der Waals surface area contributed by atoms with Crippen molar-refractivity contribution in [2.75, 3.05) is 0 Å². The molecule has 2 aromatic heterocycles. The van der Waals surface area contributed by atoms with Gasteiger partial charge in [-0.25, -0.2) is 4.98 Å². The summed E-state index contributed by atoms with van der Waals surface area (Å²) in [5.74, 6) is 1.77. The van der Waals surface area contributed by atoms with E-state index in [1.165, 1.54) is 27.6 Å². The minimum atomic E-state index is -0.532. The number of aromatic nitrogens is 2. The number of rotatable bonds is 2. The zero-order chi connectivity index (χ0) is 32.8. The molecule has 0 atom stereocenters. The zero-order valence-electron chi connectivity index (χ0n) is 27.0. The van der Waals surface area contributed by atoms with Crippen molar-refractivity contribution in [3.05, 3.63) is 192 Å². The van der Waals surface area contributed by atoms with Crippen LogP contribution in [-0.4, -0.2) is 9.97 Å². The summed E-state index contributed by atoms with van der Waals surface area (Å²) in [4.78, 5) is 10.1. The average Bonchev–Trinajstić information content (AvgIpc) is 3.48. The van der Waals surface area contributed by atoms with E-state index >= 15 is 0 Å². The summed E-state index contributed by atoms with van der Waals surface area (Å²) in [6.45, 7) is 0. The van der Waals surface area contributed by atoms with Crippen LogP contribution in [0.25, 0.3) is 66.1 Å². The number of fused-ring (bicyclic) bond motifs is 13. The van der Waals surface area contributed by atoms with E-state index in [-0.39, 0.29) is 0 Å². The van der Waals surface area contributed by atoms with Gasteiger partial charge in [-0.1, -0.05) is 133 Å². The third-order valence-corrected chi connectivity index (χ3v) is 10.8. The number of para-hydroxylation sites is 1. The van der Waals surface area contributed by atoms with Gasteiger partial charge in [-0.3, -0.25) is 4.98 Å². The molecule has 1 spiro atoms. The van der Waals surface area contributed by atoms with Crippen LogP contribution in [0.1, 0.15) is 22.3 Å². The minimum Gasteiger partial charge on any atom is -0.457 e. The number of hydrogen-bond acceptors (Lipinski definition) is 3. The van der Waals surface area contributed by atoms with E-state index in [0.29, 0.717) is 0 Å². The molecule has 7 aromatic carbocycles. The van der Waals surface area contributed by atoms with E-state index < -0.39 is 5.41 Å². The monoisotopic (exact) mass is 636 g/mol. The maximum atomic E-state index is 6.74. The lowest BCUT2D eigenvalue weighted by Crippen LogP contribution is -2.32. The van der Waals surface area contributed by atoms with Gasteiger partial charge in [-0.05, 0) is 74.5 Å². The van der Waals surface area contributed by atoms with Crippen LogP contribution < -0.4 is 4.74 Å². The van der Waals surface area contributed by atoms with Gasteiger partial charge < -0.3 is 4.74 Å². The normalized spacial score (nSPS) is 13.5. The van der Waals surface area contributed by atoms with E-state index in [2.05, 4.69) is 158 Å². The highest BCUT2D eigenvalue weighted by atomic mass is 16.5. The van der Waals surface area contributed by atoms with Crippen LogP contribution in [-0.2, 0) is 5.41 Å². The number of benzene rings is 7. The highest BCUT2D eigenvalue weighted by Gasteiger charge is 2.51. The lowest BCUT2D eigenvalue weighted by Gasteiger charge is -2.39. The molecule has 1 aliphatic heterocycles. The molecule has 50 heavy (non-hydrogen) atoms. The van der Waals surface area contributed by atoms with Crippen molar-refractivity contribution in [2.24, 2.45) is 0 Å². The molecule has 3 heterocycles. The molecule has 3 heteroatoms. The molecule has 0 saturated carbocycles. The third kappa shape index (κ3) is 3.64. The Bertz CT molecular complexity index is 2830. The predicted octanol–water partition coefficient (Wildman–Crippen LogP) is 11.7. The third-order valence-electron chi connectivity index (χ3n) is 10.8. The SMILES string of the molecule is c1ccc2c(c1)Oc1ccc(-c3ccc4ccccc4c3-c3ccc4ccc5cccnc5c4n3)cc1C21c2ccccc2-c2ccccc21. The maximum Gasteiger partial charge on any atom is 0.132 e. The van der Waals surface area contributed by atoms with Gasteiger partial charge in [0.25, 0.3) is 0 Å². The summed E-state index contributed by atoms with van der Waals surface area (Å²) < 4.78 is 6.74. The van der Waals surface area contributed by atoms with Gasteiger partial charge in [0.05, 0.1) is 22.1 Å². The fourth-order valence-electron chi connectivity index (χ4n) is 8.67. The second-order valence-corrected chi connectivity index (χ2v) is 13.3. The summed E-state index contributed by atoms with van der Waals surface area (Å²) in [6.07, 6.45) is 1.85. The van der Waals surface area contributed by atoms with Gasteiger partial charge >= 0.3 is 0 Å². The average molecular weight is 637 g/mol.